The smallest absolute Gasteiger partial charge is 0.199 e. The van der Waals surface area contributed by atoms with Crippen molar-refractivity contribution < 1.29 is 13.9 Å². The third-order valence-electron chi connectivity index (χ3n) is 3.50. The Morgan fingerprint density at radius 1 is 1.10 bits per heavy atom. The van der Waals surface area contributed by atoms with Crippen LogP contribution in [0.5, 0.6) is 5.75 Å². The molecule has 0 spiro atoms. The van der Waals surface area contributed by atoms with Gasteiger partial charge in [-0.2, -0.15) is 0 Å². The van der Waals surface area contributed by atoms with Crippen molar-refractivity contribution in [2.45, 2.75) is 25.6 Å². The maximum absolute atomic E-state index is 13.9. The Labute approximate surface area is 132 Å². The summed E-state index contributed by atoms with van der Waals surface area (Å²) >= 11 is 3.26. The summed E-state index contributed by atoms with van der Waals surface area (Å²) in [4.78, 5) is 0. The zero-order chi connectivity index (χ0) is 14.7. The molecule has 1 unspecified atom stereocenters. The second-order valence-corrected chi connectivity index (χ2v) is 5.98. The predicted octanol–water partition coefficient (Wildman–Crippen LogP) is 5.16. The third-order valence-corrected chi connectivity index (χ3v) is 4.00. The van der Waals surface area contributed by atoms with E-state index in [1.807, 2.05) is 30.3 Å². The zero-order valence-electron chi connectivity index (χ0n) is 11.5. The van der Waals surface area contributed by atoms with Crippen molar-refractivity contribution in [1.29, 1.82) is 0 Å². The summed E-state index contributed by atoms with van der Waals surface area (Å²) in [6.07, 6.45) is 2.99. The first-order valence-corrected chi connectivity index (χ1v) is 7.85. The highest BCUT2D eigenvalue weighted by molar-refractivity contribution is 9.10. The highest BCUT2D eigenvalue weighted by Gasteiger charge is 2.15. The molecule has 2 aromatic carbocycles. The van der Waals surface area contributed by atoms with Crippen molar-refractivity contribution in [3.8, 4) is 16.9 Å². The number of benzene rings is 2. The molecule has 1 aliphatic rings. The zero-order valence-corrected chi connectivity index (χ0v) is 13.1. The van der Waals surface area contributed by atoms with Gasteiger partial charge in [-0.1, -0.05) is 34.1 Å². The van der Waals surface area contributed by atoms with E-state index in [0.29, 0.717) is 5.56 Å². The third kappa shape index (κ3) is 3.63. The molecule has 0 aliphatic carbocycles. The van der Waals surface area contributed by atoms with E-state index in [9.17, 15) is 4.39 Å². The first kappa shape index (κ1) is 14.5. The average Bonchev–Trinajstić information content (AvgIpc) is 2.49. The van der Waals surface area contributed by atoms with Crippen molar-refractivity contribution in [2.75, 3.05) is 6.61 Å². The first-order valence-electron chi connectivity index (χ1n) is 7.06. The molecular formula is C17H16BrFO2. The van der Waals surface area contributed by atoms with Gasteiger partial charge >= 0.3 is 0 Å². The Bertz CT molecular complexity index is 607. The fraction of sp³-hybridized carbons (Fsp3) is 0.294. The maximum Gasteiger partial charge on any atom is 0.199 e. The van der Waals surface area contributed by atoms with Crippen LogP contribution in [-0.4, -0.2) is 12.9 Å². The van der Waals surface area contributed by atoms with E-state index in [2.05, 4.69) is 15.9 Å². The lowest BCUT2D eigenvalue weighted by Gasteiger charge is -2.23. The summed E-state index contributed by atoms with van der Waals surface area (Å²) in [5.41, 5.74) is 1.41. The minimum absolute atomic E-state index is 0.158. The molecule has 2 aromatic rings. The van der Waals surface area contributed by atoms with Gasteiger partial charge in [0, 0.05) is 16.5 Å². The van der Waals surface area contributed by atoms with Crippen LogP contribution in [0.3, 0.4) is 0 Å². The number of halogens is 2. The molecule has 0 radical (unpaired) electrons. The van der Waals surface area contributed by atoms with E-state index in [0.717, 1.165) is 41.7 Å². The number of hydrogen-bond donors (Lipinski definition) is 0. The normalized spacial score (nSPS) is 18.5. The Kier molecular flexibility index (Phi) is 4.56. The van der Waals surface area contributed by atoms with Crippen LogP contribution in [0.1, 0.15) is 19.3 Å². The molecule has 1 atom stereocenters. The second kappa shape index (κ2) is 6.58. The molecule has 0 saturated carbocycles. The van der Waals surface area contributed by atoms with Crippen LogP contribution >= 0.6 is 15.9 Å². The molecule has 3 rings (SSSR count). The quantitative estimate of drug-likeness (QED) is 0.760. The molecule has 4 heteroatoms. The Morgan fingerprint density at radius 2 is 1.90 bits per heavy atom. The second-order valence-electron chi connectivity index (χ2n) is 5.06. The van der Waals surface area contributed by atoms with Gasteiger partial charge in [-0.05, 0) is 42.7 Å². The Hall–Kier alpha value is -1.39. The standard InChI is InChI=1S/C17H16BrFO2/c18-13-6-9-15(16(19)11-13)12-4-7-14(8-5-12)21-17-3-1-2-10-20-17/h4-9,11,17H,1-3,10H2. The topological polar surface area (TPSA) is 18.5 Å². The number of ether oxygens (including phenoxy) is 2. The van der Waals surface area contributed by atoms with Gasteiger partial charge in [0.15, 0.2) is 6.29 Å². The van der Waals surface area contributed by atoms with Gasteiger partial charge in [0.2, 0.25) is 0 Å². The largest absolute Gasteiger partial charge is 0.465 e. The molecule has 110 valence electrons. The van der Waals surface area contributed by atoms with E-state index in [4.69, 9.17) is 9.47 Å². The lowest BCUT2D eigenvalue weighted by molar-refractivity contribution is -0.105. The van der Waals surface area contributed by atoms with Gasteiger partial charge < -0.3 is 9.47 Å². The molecule has 1 saturated heterocycles. The van der Waals surface area contributed by atoms with Gasteiger partial charge in [0.1, 0.15) is 11.6 Å². The number of hydrogen-bond acceptors (Lipinski definition) is 2. The highest BCUT2D eigenvalue weighted by atomic mass is 79.9. The van der Waals surface area contributed by atoms with E-state index < -0.39 is 0 Å². The molecule has 0 amide bonds. The van der Waals surface area contributed by atoms with Crippen molar-refractivity contribution in [3.63, 3.8) is 0 Å². The van der Waals surface area contributed by atoms with Crippen LogP contribution in [-0.2, 0) is 4.74 Å². The lowest BCUT2D eigenvalue weighted by Crippen LogP contribution is -2.24. The van der Waals surface area contributed by atoms with E-state index in [-0.39, 0.29) is 12.1 Å². The van der Waals surface area contributed by atoms with Gasteiger partial charge in [0.25, 0.3) is 0 Å². The summed E-state index contributed by atoms with van der Waals surface area (Å²) in [5.74, 6) is 0.511. The van der Waals surface area contributed by atoms with Crippen LogP contribution in [0.2, 0.25) is 0 Å². The SMILES string of the molecule is Fc1cc(Br)ccc1-c1ccc(OC2CCCCO2)cc1. The molecular weight excluding hydrogens is 335 g/mol. The Morgan fingerprint density at radius 3 is 2.57 bits per heavy atom. The van der Waals surface area contributed by atoms with Crippen molar-refractivity contribution in [3.05, 3.63) is 52.8 Å². The van der Waals surface area contributed by atoms with Crippen LogP contribution in [0.25, 0.3) is 11.1 Å². The Balaban J connectivity index is 1.74. The summed E-state index contributed by atoms with van der Waals surface area (Å²) in [6, 6.07) is 12.5. The molecule has 0 aromatic heterocycles. The maximum atomic E-state index is 13.9. The first-order chi connectivity index (χ1) is 10.2. The van der Waals surface area contributed by atoms with Crippen molar-refractivity contribution >= 4 is 15.9 Å². The minimum Gasteiger partial charge on any atom is -0.465 e. The molecule has 21 heavy (non-hydrogen) atoms. The summed E-state index contributed by atoms with van der Waals surface area (Å²) < 4.78 is 26.0. The highest BCUT2D eigenvalue weighted by Crippen LogP contribution is 2.28. The van der Waals surface area contributed by atoms with E-state index in [1.54, 1.807) is 6.07 Å². The molecule has 1 heterocycles. The van der Waals surface area contributed by atoms with Gasteiger partial charge in [-0.15, -0.1) is 0 Å². The van der Waals surface area contributed by atoms with Gasteiger partial charge in [-0.25, -0.2) is 4.39 Å². The molecule has 1 fully saturated rings. The van der Waals surface area contributed by atoms with Crippen LogP contribution in [0.4, 0.5) is 4.39 Å². The summed E-state index contributed by atoms with van der Waals surface area (Å²) in [5, 5.41) is 0. The van der Waals surface area contributed by atoms with Gasteiger partial charge in [0.05, 0.1) is 6.61 Å². The van der Waals surface area contributed by atoms with Gasteiger partial charge in [-0.3, -0.25) is 0 Å². The lowest BCUT2D eigenvalue weighted by atomic mass is 10.1. The summed E-state index contributed by atoms with van der Waals surface area (Å²) in [7, 11) is 0. The van der Waals surface area contributed by atoms with Crippen LogP contribution < -0.4 is 4.74 Å². The van der Waals surface area contributed by atoms with Crippen molar-refractivity contribution in [2.24, 2.45) is 0 Å². The summed E-state index contributed by atoms with van der Waals surface area (Å²) in [6.45, 7) is 0.757. The molecule has 2 nitrogen and oxygen atoms in total. The van der Waals surface area contributed by atoms with Crippen LogP contribution in [0, 0.1) is 5.82 Å². The number of rotatable bonds is 3. The van der Waals surface area contributed by atoms with E-state index in [1.165, 1.54) is 6.07 Å². The molecule has 0 bridgehead atoms. The predicted molar refractivity (Wildman–Crippen MR) is 83.8 cm³/mol. The van der Waals surface area contributed by atoms with Crippen LogP contribution in [0.15, 0.2) is 46.9 Å². The van der Waals surface area contributed by atoms with Crippen molar-refractivity contribution in [1.82, 2.24) is 0 Å². The molecule has 0 N–H and O–H groups in total. The fourth-order valence-corrected chi connectivity index (χ4v) is 2.73. The minimum atomic E-state index is -0.242. The monoisotopic (exact) mass is 350 g/mol. The average molecular weight is 351 g/mol. The van der Waals surface area contributed by atoms with E-state index >= 15 is 0 Å². The fourth-order valence-electron chi connectivity index (χ4n) is 2.39. The molecule has 1 aliphatic heterocycles.